The fourth-order valence-electron chi connectivity index (χ4n) is 2.62. The molecule has 1 aliphatic heterocycles. The summed E-state index contributed by atoms with van der Waals surface area (Å²) in [6, 6.07) is 12.7. The minimum absolute atomic E-state index is 0.353. The highest BCUT2D eigenvalue weighted by Gasteiger charge is 2.27. The molecule has 3 rings (SSSR count). The van der Waals surface area contributed by atoms with Gasteiger partial charge in [0.1, 0.15) is 0 Å². The fraction of sp³-hybridized carbons (Fsp3) is 0.125. The number of nitrogens with one attached hydrogen (secondary N) is 2. The third-order valence-electron chi connectivity index (χ3n) is 3.59. The number of rotatable bonds is 3. The molecule has 0 aliphatic carbocycles. The van der Waals surface area contributed by atoms with E-state index in [1.54, 1.807) is 17.8 Å². The summed E-state index contributed by atoms with van der Waals surface area (Å²) in [6.07, 6.45) is 0.679. The Kier molecular flexibility index (Phi) is 3.77. The second-order valence-electron chi connectivity index (χ2n) is 5.04. The van der Waals surface area contributed by atoms with Crippen LogP contribution >= 0.6 is 11.8 Å². The van der Waals surface area contributed by atoms with E-state index in [9.17, 15) is 9.90 Å². The number of benzene rings is 2. The van der Waals surface area contributed by atoms with Crippen LogP contribution in [0.2, 0.25) is 0 Å². The van der Waals surface area contributed by atoms with Crippen LogP contribution < -0.4 is 11.1 Å². The van der Waals surface area contributed by atoms with Crippen LogP contribution in [-0.4, -0.2) is 17.0 Å². The van der Waals surface area contributed by atoms with Crippen LogP contribution in [-0.2, 0) is 11.2 Å². The van der Waals surface area contributed by atoms with Crippen molar-refractivity contribution >= 4 is 23.7 Å². The third kappa shape index (κ3) is 2.65. The SMILES string of the molecule is N=C(N)NC(C(=O)O)c1cccc2c1Cc1ccccc1S2. The molecule has 0 saturated carbocycles. The predicted octanol–water partition coefficient (Wildman–Crippen LogP) is 2.35. The average molecular weight is 313 g/mol. The molecular weight excluding hydrogens is 298 g/mol. The maximum Gasteiger partial charge on any atom is 0.330 e. The molecule has 0 saturated heterocycles. The summed E-state index contributed by atoms with van der Waals surface area (Å²) >= 11 is 1.64. The van der Waals surface area contributed by atoms with Gasteiger partial charge in [0.15, 0.2) is 12.0 Å². The molecular formula is C16H15N3O2S. The molecule has 5 N–H and O–H groups in total. The van der Waals surface area contributed by atoms with E-state index in [0.717, 1.165) is 10.5 Å². The van der Waals surface area contributed by atoms with Gasteiger partial charge in [-0.05, 0) is 28.8 Å². The molecule has 0 fully saturated rings. The monoisotopic (exact) mass is 313 g/mol. The molecule has 5 nitrogen and oxygen atoms in total. The van der Waals surface area contributed by atoms with Crippen LogP contribution in [0.25, 0.3) is 0 Å². The van der Waals surface area contributed by atoms with Gasteiger partial charge in [0.05, 0.1) is 0 Å². The van der Waals surface area contributed by atoms with E-state index in [2.05, 4.69) is 17.4 Å². The summed E-state index contributed by atoms with van der Waals surface area (Å²) in [5, 5.41) is 19.3. The van der Waals surface area contributed by atoms with Gasteiger partial charge in [-0.2, -0.15) is 0 Å². The number of carboxylic acids is 1. The number of carbonyl (C=O) groups is 1. The standard InChI is InChI=1S/C16H15N3O2S/c17-16(18)19-14(15(20)21)10-5-3-7-13-11(10)8-9-4-1-2-6-12(9)22-13/h1-7,14H,8H2,(H,20,21)(H4,17,18,19). The molecule has 22 heavy (non-hydrogen) atoms. The van der Waals surface area contributed by atoms with E-state index in [4.69, 9.17) is 11.1 Å². The highest BCUT2D eigenvalue weighted by Crippen LogP contribution is 2.41. The van der Waals surface area contributed by atoms with Crippen molar-refractivity contribution in [3.05, 3.63) is 59.2 Å². The normalized spacial score (nSPS) is 13.6. The number of carboxylic acid groups (broad SMARTS) is 1. The topological polar surface area (TPSA) is 99.2 Å². The van der Waals surface area contributed by atoms with Crippen molar-refractivity contribution in [2.24, 2.45) is 5.73 Å². The van der Waals surface area contributed by atoms with E-state index in [1.165, 1.54) is 10.5 Å². The van der Waals surface area contributed by atoms with Crippen LogP contribution in [0.15, 0.2) is 52.3 Å². The molecule has 2 aromatic rings. The van der Waals surface area contributed by atoms with Gasteiger partial charge in [0.2, 0.25) is 0 Å². The Labute approximate surface area is 132 Å². The Bertz CT molecular complexity index is 761. The lowest BCUT2D eigenvalue weighted by Crippen LogP contribution is -2.38. The van der Waals surface area contributed by atoms with Crippen molar-refractivity contribution < 1.29 is 9.90 Å². The van der Waals surface area contributed by atoms with Gasteiger partial charge in [-0.25, -0.2) is 4.79 Å². The van der Waals surface area contributed by atoms with Gasteiger partial charge in [-0.3, -0.25) is 5.41 Å². The number of hydrogen-bond acceptors (Lipinski definition) is 3. The minimum Gasteiger partial charge on any atom is -0.479 e. The predicted molar refractivity (Wildman–Crippen MR) is 85.2 cm³/mol. The number of guanidine groups is 1. The average Bonchev–Trinajstić information content (AvgIpc) is 2.49. The fourth-order valence-corrected chi connectivity index (χ4v) is 3.74. The Hall–Kier alpha value is -2.47. The first-order valence-electron chi connectivity index (χ1n) is 6.77. The molecule has 6 heteroatoms. The largest absolute Gasteiger partial charge is 0.479 e. The summed E-state index contributed by atoms with van der Waals surface area (Å²) < 4.78 is 0. The highest BCUT2D eigenvalue weighted by atomic mass is 32.2. The van der Waals surface area contributed by atoms with E-state index < -0.39 is 12.0 Å². The van der Waals surface area contributed by atoms with Crippen molar-refractivity contribution in [1.82, 2.24) is 5.32 Å². The van der Waals surface area contributed by atoms with Crippen LogP contribution in [0, 0.1) is 5.41 Å². The Balaban J connectivity index is 2.05. The Morgan fingerprint density at radius 2 is 1.95 bits per heavy atom. The molecule has 112 valence electrons. The van der Waals surface area contributed by atoms with Crippen molar-refractivity contribution in [2.75, 3.05) is 0 Å². The van der Waals surface area contributed by atoms with Gasteiger partial charge in [-0.15, -0.1) is 0 Å². The van der Waals surface area contributed by atoms with Crippen molar-refractivity contribution in [1.29, 1.82) is 5.41 Å². The summed E-state index contributed by atoms with van der Waals surface area (Å²) in [4.78, 5) is 13.8. The molecule has 1 unspecified atom stereocenters. The summed E-state index contributed by atoms with van der Waals surface area (Å²) in [5.74, 6) is -1.40. The lowest BCUT2D eigenvalue weighted by Gasteiger charge is -2.24. The second-order valence-corrected chi connectivity index (χ2v) is 6.12. The summed E-state index contributed by atoms with van der Waals surface area (Å²) in [5.41, 5.74) is 8.14. The summed E-state index contributed by atoms with van der Waals surface area (Å²) in [7, 11) is 0. The molecule has 2 aromatic carbocycles. The molecule has 0 radical (unpaired) electrons. The molecule has 0 aromatic heterocycles. The van der Waals surface area contributed by atoms with Crippen LogP contribution in [0.3, 0.4) is 0 Å². The van der Waals surface area contributed by atoms with Crippen molar-refractivity contribution in [3.63, 3.8) is 0 Å². The van der Waals surface area contributed by atoms with Gasteiger partial charge in [0.25, 0.3) is 0 Å². The lowest BCUT2D eigenvalue weighted by molar-refractivity contribution is -0.139. The minimum atomic E-state index is -1.05. The Morgan fingerprint density at radius 1 is 1.23 bits per heavy atom. The van der Waals surface area contributed by atoms with Gasteiger partial charge in [-0.1, -0.05) is 42.1 Å². The lowest BCUT2D eigenvalue weighted by atomic mass is 9.94. The smallest absolute Gasteiger partial charge is 0.330 e. The zero-order valence-corrected chi connectivity index (χ0v) is 12.5. The van der Waals surface area contributed by atoms with Crippen molar-refractivity contribution in [3.8, 4) is 0 Å². The molecule has 1 heterocycles. The Morgan fingerprint density at radius 3 is 2.68 bits per heavy atom. The van der Waals surface area contributed by atoms with Crippen LogP contribution in [0.5, 0.6) is 0 Å². The van der Waals surface area contributed by atoms with E-state index in [-0.39, 0.29) is 5.96 Å². The maximum absolute atomic E-state index is 11.5. The maximum atomic E-state index is 11.5. The molecule has 0 bridgehead atoms. The first-order valence-corrected chi connectivity index (χ1v) is 7.59. The first-order chi connectivity index (χ1) is 10.6. The van der Waals surface area contributed by atoms with Crippen LogP contribution in [0.1, 0.15) is 22.7 Å². The quantitative estimate of drug-likeness (QED) is 0.439. The second kappa shape index (κ2) is 5.73. The van der Waals surface area contributed by atoms with E-state index in [0.29, 0.717) is 12.0 Å². The number of hydrogen-bond donors (Lipinski definition) is 4. The number of aliphatic carboxylic acids is 1. The van der Waals surface area contributed by atoms with E-state index in [1.807, 2.05) is 24.3 Å². The third-order valence-corrected chi connectivity index (χ3v) is 4.81. The summed E-state index contributed by atoms with van der Waals surface area (Å²) in [6.45, 7) is 0. The van der Waals surface area contributed by atoms with Gasteiger partial charge in [0, 0.05) is 16.2 Å². The molecule has 1 atom stereocenters. The molecule has 0 amide bonds. The molecule has 0 spiro atoms. The van der Waals surface area contributed by atoms with Gasteiger partial charge < -0.3 is 16.2 Å². The van der Waals surface area contributed by atoms with E-state index >= 15 is 0 Å². The first kappa shape index (κ1) is 14.5. The van der Waals surface area contributed by atoms with Crippen LogP contribution in [0.4, 0.5) is 0 Å². The molecule has 1 aliphatic rings. The van der Waals surface area contributed by atoms with Gasteiger partial charge >= 0.3 is 5.97 Å². The highest BCUT2D eigenvalue weighted by molar-refractivity contribution is 7.99. The number of fused-ring (bicyclic) bond motifs is 2. The van der Waals surface area contributed by atoms with Crippen molar-refractivity contribution in [2.45, 2.75) is 22.3 Å². The zero-order valence-electron chi connectivity index (χ0n) is 11.7. The number of nitrogens with two attached hydrogens (primary N) is 1. The zero-order chi connectivity index (χ0) is 15.7.